The van der Waals surface area contributed by atoms with E-state index in [9.17, 15) is 6.85 Å². The van der Waals surface area contributed by atoms with E-state index in [2.05, 4.69) is 4.57 Å². The second-order valence-corrected chi connectivity index (χ2v) is 10.8. The van der Waals surface area contributed by atoms with Crippen molar-refractivity contribution in [1.29, 1.82) is 0 Å². The van der Waals surface area contributed by atoms with Gasteiger partial charge in [0.05, 0.1) is 47.1 Å². The second-order valence-electron chi connectivity index (χ2n) is 10.8. The molecule has 226 valence electrons. The van der Waals surface area contributed by atoms with E-state index < -0.39 is 137 Å². The van der Waals surface area contributed by atoms with Crippen LogP contribution in [0.4, 0.5) is 17.1 Å². The van der Waals surface area contributed by atoms with E-state index in [4.69, 9.17) is 17.8 Å². The third kappa shape index (κ3) is 4.74. The summed E-state index contributed by atoms with van der Waals surface area (Å²) < 4.78 is 162. The summed E-state index contributed by atoms with van der Waals surface area (Å²) in [6.07, 6.45) is 0. The Balaban J connectivity index is 1.37. The van der Waals surface area contributed by atoms with Crippen molar-refractivity contribution in [2.45, 2.75) is 0 Å². The van der Waals surface area contributed by atoms with Crippen molar-refractivity contribution in [3.8, 4) is 27.9 Å². The molecule has 0 amide bonds. The lowest BCUT2D eigenvalue weighted by Crippen LogP contribution is -2.11. The Hall–Kier alpha value is -6.38. The van der Waals surface area contributed by atoms with Crippen LogP contribution in [0.15, 0.2) is 194 Å². The van der Waals surface area contributed by atoms with Gasteiger partial charge in [-0.25, -0.2) is 0 Å². The molecule has 0 saturated heterocycles. The predicted molar refractivity (Wildman–Crippen MR) is 204 cm³/mol. The summed E-state index contributed by atoms with van der Waals surface area (Å²) in [5, 5.41) is 3.54. The van der Waals surface area contributed by atoms with E-state index in [1.54, 1.807) is 18.2 Å². The van der Waals surface area contributed by atoms with E-state index >= 15 is 0 Å². The Morgan fingerprint density at radius 2 is 1.08 bits per heavy atom. The molecule has 0 spiro atoms. The maximum Gasteiger partial charge on any atom is 0.0645 e. The first-order valence-electron chi connectivity index (χ1n) is 24.0. The first-order valence-corrected chi connectivity index (χ1v) is 15.0. The van der Waals surface area contributed by atoms with Crippen LogP contribution in [0.5, 0.6) is 0 Å². The van der Waals surface area contributed by atoms with Crippen molar-refractivity contribution in [2.24, 2.45) is 0 Å². The Kier molecular flexibility index (Phi) is 3.68. The van der Waals surface area contributed by atoms with Gasteiger partial charge >= 0.3 is 0 Å². The number of hydrogen-bond acceptors (Lipinski definition) is 1. The average molecular weight is 631 g/mol. The molecule has 0 N–H and O–H groups in total. The SMILES string of the molecule is [2H]c1c([2H])c([2H])c(-c2c([2H])c([2H])c([2H])c([2H])c2N(c2c([2H])c([2H])c([2H])c([2H])c2[2H])c2c([2H])c([2H])c(-c3ccc4c(c3)c3ccccc3n4-c3cccc4ccccc34)c([2H])c2[2H])c([2H])c1[2H]. The number of aromatic nitrogens is 1. The van der Waals surface area contributed by atoms with Crippen LogP contribution in [0.25, 0.3) is 60.5 Å². The lowest BCUT2D eigenvalue weighted by Gasteiger charge is -2.28. The van der Waals surface area contributed by atoms with Crippen LogP contribution in [0.2, 0.25) is 0 Å². The van der Waals surface area contributed by atoms with Gasteiger partial charge in [-0.1, -0.05) is 139 Å². The van der Waals surface area contributed by atoms with Crippen molar-refractivity contribution in [3.63, 3.8) is 0 Å². The molecule has 2 heteroatoms. The summed E-state index contributed by atoms with van der Waals surface area (Å²) in [7, 11) is 0. The summed E-state index contributed by atoms with van der Waals surface area (Å²) in [5.41, 5.74) is -1.52. The van der Waals surface area contributed by atoms with Crippen molar-refractivity contribution in [3.05, 3.63) is 194 Å². The van der Waals surface area contributed by atoms with Gasteiger partial charge in [-0.3, -0.25) is 0 Å². The molecule has 8 aromatic carbocycles. The number of fused-ring (bicyclic) bond motifs is 4. The minimum absolute atomic E-state index is 0.195. The third-order valence-corrected chi connectivity index (χ3v) is 8.16. The van der Waals surface area contributed by atoms with Crippen LogP contribution in [-0.2, 0) is 0 Å². The third-order valence-electron chi connectivity index (χ3n) is 8.16. The molecule has 0 fully saturated rings. The van der Waals surface area contributed by atoms with E-state index in [0.717, 1.165) is 32.9 Å². The number of rotatable bonds is 6. The summed E-state index contributed by atoms with van der Waals surface area (Å²) in [6.45, 7) is 0. The van der Waals surface area contributed by atoms with Crippen LogP contribution in [0.1, 0.15) is 24.7 Å². The number of benzene rings is 8. The van der Waals surface area contributed by atoms with Crippen LogP contribution in [0.3, 0.4) is 0 Å². The fourth-order valence-corrected chi connectivity index (χ4v) is 6.07. The minimum atomic E-state index is -1.02. The Bertz CT molecular complexity index is 3510. The Morgan fingerprint density at radius 1 is 0.438 bits per heavy atom. The minimum Gasteiger partial charge on any atom is -0.310 e. The Morgan fingerprint density at radius 3 is 1.92 bits per heavy atom. The monoisotopic (exact) mass is 630 g/mol. The largest absolute Gasteiger partial charge is 0.310 e. The number of nitrogens with zero attached hydrogens (tertiary/aromatic N) is 2. The maximum atomic E-state index is 9.57. The maximum absolute atomic E-state index is 9.57. The van der Waals surface area contributed by atoms with Crippen LogP contribution < -0.4 is 4.90 Å². The molecule has 0 bridgehead atoms. The molecular formula is C46H32N2. The predicted octanol–water partition coefficient (Wildman–Crippen LogP) is 12.7. The average Bonchev–Trinajstić information content (AvgIpc) is 3.64. The second kappa shape index (κ2) is 11.8. The standard InChI is InChI=1S/C46H32N2/c1-3-14-34(15-4-1)39-21-9-11-23-43(39)47(37-18-5-2-6-19-37)38-29-26-33(27-30-38)36-28-31-46-42(32-36)41-22-10-12-24-45(41)48(46)44-25-13-17-35-16-7-8-20-40(35)44/h1-32H/i1D,2D,3D,4D,5D,6D,9D,11D,14D,15D,18D,19D,21D,23D,26D,27D,29D,30D. The molecule has 0 aliphatic carbocycles. The summed E-state index contributed by atoms with van der Waals surface area (Å²) in [6, 6.07) is 10.7. The first-order chi connectivity index (χ1) is 31.3. The van der Waals surface area contributed by atoms with E-state index in [1.807, 2.05) is 66.7 Å². The molecule has 2 nitrogen and oxygen atoms in total. The van der Waals surface area contributed by atoms with E-state index in [1.165, 1.54) is 0 Å². The van der Waals surface area contributed by atoms with Crippen molar-refractivity contribution >= 4 is 49.6 Å². The van der Waals surface area contributed by atoms with Gasteiger partial charge in [0.25, 0.3) is 0 Å². The van der Waals surface area contributed by atoms with E-state index in [0.29, 0.717) is 10.3 Å². The molecule has 48 heavy (non-hydrogen) atoms. The number of hydrogen-bond donors (Lipinski definition) is 0. The van der Waals surface area contributed by atoms with E-state index in [-0.39, 0.29) is 11.1 Å². The fraction of sp³-hybridized carbons (Fsp3) is 0. The summed E-state index contributed by atoms with van der Waals surface area (Å²) >= 11 is 0. The van der Waals surface area contributed by atoms with Gasteiger partial charge in [0.1, 0.15) is 0 Å². The van der Waals surface area contributed by atoms with Gasteiger partial charge in [0, 0.05) is 33.1 Å². The topological polar surface area (TPSA) is 8.17 Å². The molecular weight excluding hydrogens is 581 g/mol. The van der Waals surface area contributed by atoms with Crippen molar-refractivity contribution < 1.29 is 24.7 Å². The molecule has 0 unspecified atom stereocenters. The molecule has 9 rings (SSSR count). The number of anilines is 3. The van der Waals surface area contributed by atoms with Crippen LogP contribution in [-0.4, -0.2) is 4.57 Å². The van der Waals surface area contributed by atoms with Gasteiger partial charge in [-0.2, -0.15) is 0 Å². The Labute approximate surface area is 305 Å². The van der Waals surface area contributed by atoms with Crippen molar-refractivity contribution in [1.82, 2.24) is 4.57 Å². The quantitative estimate of drug-likeness (QED) is 0.177. The van der Waals surface area contributed by atoms with Gasteiger partial charge in [-0.15, -0.1) is 0 Å². The molecule has 0 aliphatic rings. The zero-order chi connectivity index (χ0) is 47.5. The summed E-state index contributed by atoms with van der Waals surface area (Å²) in [4.78, 5) is 0.583. The molecule has 9 aromatic rings. The zero-order valence-corrected chi connectivity index (χ0v) is 25.0. The van der Waals surface area contributed by atoms with Gasteiger partial charge in [-0.05, 0) is 76.6 Å². The molecule has 0 aliphatic heterocycles. The molecule has 0 radical (unpaired) electrons. The molecule has 0 atom stereocenters. The van der Waals surface area contributed by atoms with Crippen molar-refractivity contribution in [2.75, 3.05) is 4.90 Å². The molecule has 1 aromatic heterocycles. The lowest BCUT2D eigenvalue weighted by molar-refractivity contribution is 1.20. The highest BCUT2D eigenvalue weighted by Crippen LogP contribution is 2.42. The lowest BCUT2D eigenvalue weighted by atomic mass is 10.0. The van der Waals surface area contributed by atoms with Gasteiger partial charge < -0.3 is 9.47 Å². The van der Waals surface area contributed by atoms with Crippen LogP contribution in [0, 0.1) is 0 Å². The fourth-order valence-electron chi connectivity index (χ4n) is 6.07. The van der Waals surface area contributed by atoms with Gasteiger partial charge in [0.15, 0.2) is 0 Å². The zero-order valence-electron chi connectivity index (χ0n) is 43.0. The highest BCUT2D eigenvalue weighted by Gasteiger charge is 2.18. The normalized spacial score (nSPS) is 16.6. The number of para-hydroxylation sites is 3. The van der Waals surface area contributed by atoms with Crippen LogP contribution >= 0.6 is 0 Å². The van der Waals surface area contributed by atoms with Gasteiger partial charge in [0.2, 0.25) is 0 Å². The summed E-state index contributed by atoms with van der Waals surface area (Å²) in [5.74, 6) is 0. The highest BCUT2D eigenvalue weighted by molar-refractivity contribution is 6.11. The first kappa shape index (κ1) is 15.0. The molecule has 0 saturated carbocycles. The molecule has 1 heterocycles. The highest BCUT2D eigenvalue weighted by atomic mass is 15.1. The smallest absolute Gasteiger partial charge is 0.0645 e.